The molecule has 1 N–H and O–H groups in total. The van der Waals surface area contributed by atoms with E-state index < -0.39 is 5.82 Å². The monoisotopic (exact) mass is 247 g/mol. The van der Waals surface area contributed by atoms with Crippen LogP contribution in [0.15, 0.2) is 34.7 Å². The number of benzene rings is 1. The first kappa shape index (κ1) is 12.0. The highest BCUT2D eigenvalue weighted by molar-refractivity contribution is 5.89. The zero-order valence-corrected chi connectivity index (χ0v) is 9.57. The lowest BCUT2D eigenvalue weighted by molar-refractivity contribution is -0.114. The van der Waals surface area contributed by atoms with Crippen molar-refractivity contribution in [1.29, 1.82) is 0 Å². The molecule has 18 heavy (non-hydrogen) atoms. The third-order valence-corrected chi connectivity index (χ3v) is 2.30. The van der Waals surface area contributed by atoms with Crippen molar-refractivity contribution in [3.63, 3.8) is 0 Å². The van der Waals surface area contributed by atoms with Gasteiger partial charge in [-0.1, -0.05) is 0 Å². The van der Waals surface area contributed by atoms with E-state index >= 15 is 0 Å². The molecule has 0 spiro atoms. The van der Waals surface area contributed by atoms with Crippen LogP contribution in [0.3, 0.4) is 0 Å². The average molecular weight is 247 g/mol. The number of anilines is 1. The largest absolute Gasteiger partial charge is 0.453 e. The van der Waals surface area contributed by atoms with E-state index in [4.69, 9.17) is 4.42 Å². The number of nitrogens with one attached hydrogen (secondary N) is 1. The number of amides is 1. The molecule has 0 aliphatic rings. The van der Waals surface area contributed by atoms with Crippen molar-refractivity contribution in [2.24, 2.45) is 0 Å². The number of furan rings is 1. The molecule has 2 rings (SSSR count). The van der Waals surface area contributed by atoms with E-state index in [2.05, 4.69) is 5.32 Å². The van der Waals surface area contributed by atoms with Gasteiger partial charge in [0.25, 0.3) is 0 Å². The third-order valence-electron chi connectivity index (χ3n) is 2.30. The summed E-state index contributed by atoms with van der Waals surface area (Å²) < 4.78 is 18.6. The van der Waals surface area contributed by atoms with Gasteiger partial charge in [0.1, 0.15) is 11.6 Å². The lowest BCUT2D eigenvalue weighted by atomic mass is 10.1. The lowest BCUT2D eigenvalue weighted by Crippen LogP contribution is -2.07. The molecule has 0 aliphatic heterocycles. The minimum Gasteiger partial charge on any atom is -0.453 e. The van der Waals surface area contributed by atoms with Crippen LogP contribution in [0.2, 0.25) is 0 Å². The molecule has 1 amide bonds. The van der Waals surface area contributed by atoms with Crippen molar-refractivity contribution >= 4 is 17.9 Å². The number of carbonyl (C=O) groups is 2. The van der Waals surface area contributed by atoms with Gasteiger partial charge in [0.05, 0.1) is 5.69 Å². The van der Waals surface area contributed by atoms with Gasteiger partial charge in [-0.25, -0.2) is 4.39 Å². The summed E-state index contributed by atoms with van der Waals surface area (Å²) in [5.74, 6) is -0.269. The topological polar surface area (TPSA) is 59.3 Å². The Morgan fingerprint density at radius 1 is 1.33 bits per heavy atom. The third kappa shape index (κ3) is 2.45. The van der Waals surface area contributed by atoms with Crippen molar-refractivity contribution in [2.75, 3.05) is 5.32 Å². The van der Waals surface area contributed by atoms with Crippen LogP contribution in [0.4, 0.5) is 10.1 Å². The van der Waals surface area contributed by atoms with Gasteiger partial charge in [-0.15, -0.1) is 0 Å². The summed E-state index contributed by atoms with van der Waals surface area (Å²) in [6, 6.07) is 7.31. The van der Waals surface area contributed by atoms with Crippen LogP contribution in [0.1, 0.15) is 17.5 Å². The Hall–Kier alpha value is -2.43. The molecule has 2 aromatic rings. The zero-order chi connectivity index (χ0) is 13.1. The Morgan fingerprint density at radius 2 is 2.11 bits per heavy atom. The first-order valence-electron chi connectivity index (χ1n) is 5.22. The number of rotatable bonds is 3. The first-order chi connectivity index (χ1) is 8.60. The maximum Gasteiger partial charge on any atom is 0.221 e. The Labute approximate surface area is 102 Å². The predicted octanol–water partition coefficient (Wildman–Crippen LogP) is 2.86. The van der Waals surface area contributed by atoms with Crippen LogP contribution in [0, 0.1) is 5.82 Å². The molecule has 0 fully saturated rings. The molecule has 5 heteroatoms. The van der Waals surface area contributed by atoms with Crippen molar-refractivity contribution < 1.29 is 18.4 Å². The van der Waals surface area contributed by atoms with E-state index in [-0.39, 0.29) is 17.4 Å². The second kappa shape index (κ2) is 4.83. The summed E-state index contributed by atoms with van der Waals surface area (Å²) in [4.78, 5) is 21.4. The minimum absolute atomic E-state index is 0.0732. The fourth-order valence-electron chi connectivity index (χ4n) is 1.54. The fraction of sp³-hybridized carbons (Fsp3) is 0.0769. The smallest absolute Gasteiger partial charge is 0.221 e. The van der Waals surface area contributed by atoms with E-state index in [1.165, 1.54) is 31.2 Å². The maximum atomic E-state index is 13.4. The van der Waals surface area contributed by atoms with Crippen LogP contribution in [0.5, 0.6) is 0 Å². The summed E-state index contributed by atoms with van der Waals surface area (Å²) >= 11 is 0. The van der Waals surface area contributed by atoms with Gasteiger partial charge < -0.3 is 9.73 Å². The van der Waals surface area contributed by atoms with E-state index in [1.54, 1.807) is 6.07 Å². The summed E-state index contributed by atoms with van der Waals surface area (Å²) in [7, 11) is 0. The number of carbonyl (C=O) groups excluding carboxylic acids is 2. The van der Waals surface area contributed by atoms with Gasteiger partial charge in [-0.3, -0.25) is 9.59 Å². The normalized spacial score (nSPS) is 10.1. The number of hydrogen-bond acceptors (Lipinski definition) is 3. The average Bonchev–Trinajstić information content (AvgIpc) is 2.80. The highest BCUT2D eigenvalue weighted by atomic mass is 19.1. The minimum atomic E-state index is -0.531. The molecular formula is C13H10FNO3. The fourth-order valence-corrected chi connectivity index (χ4v) is 1.54. The summed E-state index contributed by atoms with van der Waals surface area (Å²) in [6.07, 6.45) is 0.585. The number of aldehydes is 1. The molecule has 1 heterocycles. The summed E-state index contributed by atoms with van der Waals surface area (Å²) in [5.41, 5.74) is 0.650. The Morgan fingerprint density at radius 3 is 2.72 bits per heavy atom. The number of halogens is 1. The predicted molar refractivity (Wildman–Crippen MR) is 63.8 cm³/mol. The molecule has 1 aromatic heterocycles. The van der Waals surface area contributed by atoms with E-state index in [1.807, 2.05) is 0 Å². The molecule has 0 saturated heterocycles. The molecule has 0 aliphatic carbocycles. The van der Waals surface area contributed by atoms with Gasteiger partial charge >= 0.3 is 0 Å². The lowest BCUT2D eigenvalue weighted by Gasteiger charge is -2.05. The molecule has 0 unspecified atom stereocenters. The van der Waals surface area contributed by atoms with Crippen molar-refractivity contribution in [3.8, 4) is 11.3 Å². The summed E-state index contributed by atoms with van der Waals surface area (Å²) in [6.45, 7) is 1.30. The molecule has 1 aromatic carbocycles. The Balaban J connectivity index is 2.39. The van der Waals surface area contributed by atoms with Gasteiger partial charge in [0.15, 0.2) is 12.0 Å². The standard InChI is InChI=1S/C13H10FNO3/c1-8(17)15-12-6-9(2-4-11(12)14)13-5-3-10(7-16)18-13/h2-7H,1H3,(H,15,17). The molecule has 0 atom stereocenters. The molecule has 0 saturated carbocycles. The molecule has 0 bridgehead atoms. The van der Waals surface area contributed by atoms with Gasteiger partial charge in [-0.2, -0.15) is 0 Å². The van der Waals surface area contributed by atoms with Crippen LogP contribution >= 0.6 is 0 Å². The van der Waals surface area contributed by atoms with E-state index in [0.29, 0.717) is 17.6 Å². The van der Waals surface area contributed by atoms with Crippen LogP contribution in [0.25, 0.3) is 11.3 Å². The van der Waals surface area contributed by atoms with Gasteiger partial charge in [0, 0.05) is 12.5 Å². The van der Waals surface area contributed by atoms with Crippen molar-refractivity contribution in [3.05, 3.63) is 41.9 Å². The van der Waals surface area contributed by atoms with Gasteiger partial charge in [-0.05, 0) is 30.3 Å². The van der Waals surface area contributed by atoms with Crippen molar-refractivity contribution in [1.82, 2.24) is 0 Å². The second-order valence-corrected chi connectivity index (χ2v) is 3.70. The SMILES string of the molecule is CC(=O)Nc1cc(-c2ccc(C=O)o2)ccc1F. The van der Waals surface area contributed by atoms with E-state index in [9.17, 15) is 14.0 Å². The molecule has 92 valence electrons. The van der Waals surface area contributed by atoms with Crippen LogP contribution in [-0.4, -0.2) is 12.2 Å². The molecular weight excluding hydrogens is 237 g/mol. The summed E-state index contributed by atoms with van der Waals surface area (Å²) in [5, 5.41) is 2.38. The Bertz CT molecular complexity index is 604. The maximum absolute atomic E-state index is 13.4. The first-order valence-corrected chi connectivity index (χ1v) is 5.22. The molecule has 0 radical (unpaired) electrons. The van der Waals surface area contributed by atoms with Crippen LogP contribution < -0.4 is 5.32 Å². The molecule has 4 nitrogen and oxygen atoms in total. The van der Waals surface area contributed by atoms with Gasteiger partial charge in [0.2, 0.25) is 5.91 Å². The zero-order valence-electron chi connectivity index (χ0n) is 9.57. The Kier molecular flexibility index (Phi) is 3.23. The van der Waals surface area contributed by atoms with Crippen LogP contribution in [-0.2, 0) is 4.79 Å². The number of hydrogen-bond donors (Lipinski definition) is 1. The second-order valence-electron chi connectivity index (χ2n) is 3.70. The highest BCUT2D eigenvalue weighted by Crippen LogP contribution is 2.26. The van der Waals surface area contributed by atoms with Crippen molar-refractivity contribution in [2.45, 2.75) is 6.92 Å². The highest BCUT2D eigenvalue weighted by Gasteiger charge is 2.09. The quantitative estimate of drug-likeness (QED) is 0.848. The van der Waals surface area contributed by atoms with E-state index in [0.717, 1.165) is 0 Å².